The van der Waals surface area contributed by atoms with E-state index in [2.05, 4.69) is 11.9 Å². The van der Waals surface area contributed by atoms with Crippen LogP contribution in [0.4, 0.5) is 4.39 Å². The Morgan fingerprint density at radius 2 is 2.12 bits per heavy atom. The van der Waals surface area contributed by atoms with Gasteiger partial charge < -0.3 is 10.7 Å². The van der Waals surface area contributed by atoms with Gasteiger partial charge in [-0.3, -0.25) is 0 Å². The number of nitrogens with two attached hydrogens (primary N) is 1. The van der Waals surface area contributed by atoms with Crippen molar-refractivity contribution in [1.82, 2.24) is 4.98 Å². The molecule has 4 heteroatoms. The van der Waals surface area contributed by atoms with E-state index in [0.717, 1.165) is 35.0 Å². The van der Waals surface area contributed by atoms with E-state index < -0.39 is 0 Å². The number of hydrogen-bond acceptors (Lipinski definition) is 1. The number of hydrogen-bond donors (Lipinski definition) is 2. The minimum Gasteiger partial charge on any atom is -0.358 e. The van der Waals surface area contributed by atoms with Crippen molar-refractivity contribution < 1.29 is 4.39 Å². The molecule has 2 aromatic rings. The molecule has 17 heavy (non-hydrogen) atoms. The smallest absolute Gasteiger partial charge is 0.123 e. The molecular weight excluding hydrogens is 239 g/mol. The van der Waals surface area contributed by atoms with Crippen molar-refractivity contribution in [2.75, 3.05) is 0 Å². The van der Waals surface area contributed by atoms with Gasteiger partial charge in [0.25, 0.3) is 0 Å². The molecule has 0 saturated carbocycles. The van der Waals surface area contributed by atoms with Crippen molar-refractivity contribution in [2.24, 2.45) is 5.73 Å². The molecular formula is C13H18ClFN2. The van der Waals surface area contributed by atoms with E-state index in [0.29, 0.717) is 0 Å². The van der Waals surface area contributed by atoms with Crippen molar-refractivity contribution in [2.45, 2.75) is 32.7 Å². The number of rotatable bonds is 3. The van der Waals surface area contributed by atoms with Crippen molar-refractivity contribution in [3.8, 4) is 0 Å². The lowest BCUT2D eigenvalue weighted by Crippen LogP contribution is -2.21. The topological polar surface area (TPSA) is 41.8 Å². The number of aryl methyl sites for hydroxylation is 1. The van der Waals surface area contributed by atoms with Gasteiger partial charge in [-0.15, -0.1) is 12.4 Å². The van der Waals surface area contributed by atoms with E-state index in [1.165, 1.54) is 6.07 Å². The fourth-order valence-electron chi connectivity index (χ4n) is 1.97. The van der Waals surface area contributed by atoms with Crippen LogP contribution in [-0.4, -0.2) is 11.0 Å². The molecule has 0 aliphatic rings. The third kappa shape index (κ3) is 2.79. The lowest BCUT2D eigenvalue weighted by atomic mass is 10.1. The average molecular weight is 257 g/mol. The van der Waals surface area contributed by atoms with Gasteiger partial charge in [-0.25, -0.2) is 4.39 Å². The highest BCUT2D eigenvalue weighted by molar-refractivity contribution is 5.85. The molecule has 0 spiro atoms. The van der Waals surface area contributed by atoms with Gasteiger partial charge in [0.15, 0.2) is 0 Å². The highest BCUT2D eigenvalue weighted by Crippen LogP contribution is 2.23. The predicted octanol–water partition coefficient (Wildman–Crippen LogP) is 3.32. The molecule has 3 N–H and O–H groups in total. The quantitative estimate of drug-likeness (QED) is 0.869. The Bertz CT molecular complexity index is 507. The van der Waals surface area contributed by atoms with Gasteiger partial charge in [0.1, 0.15) is 5.82 Å². The van der Waals surface area contributed by atoms with Crippen molar-refractivity contribution in [3.05, 3.63) is 35.3 Å². The van der Waals surface area contributed by atoms with Crippen LogP contribution in [0, 0.1) is 12.7 Å². The Kier molecular flexibility index (Phi) is 4.54. The third-order valence-corrected chi connectivity index (χ3v) is 3.11. The molecule has 1 heterocycles. The second kappa shape index (κ2) is 5.52. The lowest BCUT2D eigenvalue weighted by Gasteiger charge is -2.07. The Morgan fingerprint density at radius 1 is 1.41 bits per heavy atom. The van der Waals surface area contributed by atoms with Gasteiger partial charge in [-0.2, -0.15) is 0 Å². The molecule has 0 saturated heterocycles. The van der Waals surface area contributed by atoms with E-state index in [-0.39, 0.29) is 24.3 Å². The van der Waals surface area contributed by atoms with E-state index >= 15 is 0 Å². The summed E-state index contributed by atoms with van der Waals surface area (Å²) in [5.74, 6) is -0.194. The molecule has 0 aliphatic heterocycles. The fraction of sp³-hybridized carbons (Fsp3) is 0.385. The van der Waals surface area contributed by atoms with Gasteiger partial charge in [0.2, 0.25) is 0 Å². The maximum Gasteiger partial charge on any atom is 0.123 e. The maximum absolute atomic E-state index is 13.1. The van der Waals surface area contributed by atoms with Crippen LogP contribution >= 0.6 is 12.4 Å². The van der Waals surface area contributed by atoms with Gasteiger partial charge in [-0.05, 0) is 37.1 Å². The summed E-state index contributed by atoms with van der Waals surface area (Å²) in [7, 11) is 0. The second-order valence-electron chi connectivity index (χ2n) is 4.29. The third-order valence-electron chi connectivity index (χ3n) is 3.11. The largest absolute Gasteiger partial charge is 0.358 e. The van der Waals surface area contributed by atoms with E-state index in [4.69, 9.17) is 5.73 Å². The normalized spacial score (nSPS) is 12.5. The average Bonchev–Trinajstić information content (AvgIpc) is 2.56. The summed E-state index contributed by atoms with van der Waals surface area (Å²) in [5, 5.41) is 0.957. The summed E-state index contributed by atoms with van der Waals surface area (Å²) in [6.45, 7) is 4.08. The molecule has 0 bridgehead atoms. The summed E-state index contributed by atoms with van der Waals surface area (Å²) in [6, 6.07) is 4.99. The minimum absolute atomic E-state index is 0. The Morgan fingerprint density at radius 3 is 2.76 bits per heavy atom. The standard InChI is InChI=1S/C13H17FN2.ClH/c1-3-10(15)7-13-8(2)11-6-9(14)4-5-12(11)16-13;/h4-6,10,16H,3,7,15H2,1-2H3;1H. The zero-order valence-electron chi connectivity index (χ0n) is 10.1. The first-order valence-electron chi connectivity index (χ1n) is 5.64. The molecule has 94 valence electrons. The molecule has 2 nitrogen and oxygen atoms in total. The number of aromatic nitrogens is 1. The molecule has 0 radical (unpaired) electrons. The van der Waals surface area contributed by atoms with Crippen LogP contribution in [0.25, 0.3) is 10.9 Å². The first kappa shape index (κ1) is 14.0. The van der Waals surface area contributed by atoms with Crippen LogP contribution < -0.4 is 5.73 Å². The van der Waals surface area contributed by atoms with Crippen molar-refractivity contribution in [3.63, 3.8) is 0 Å². The fourth-order valence-corrected chi connectivity index (χ4v) is 1.97. The number of fused-ring (bicyclic) bond motifs is 1. The first-order valence-corrected chi connectivity index (χ1v) is 5.64. The molecule has 1 atom stereocenters. The van der Waals surface area contributed by atoms with Gasteiger partial charge in [0, 0.05) is 29.1 Å². The van der Waals surface area contributed by atoms with Crippen LogP contribution in [-0.2, 0) is 6.42 Å². The zero-order valence-corrected chi connectivity index (χ0v) is 10.9. The summed E-state index contributed by atoms with van der Waals surface area (Å²) >= 11 is 0. The van der Waals surface area contributed by atoms with Crippen molar-refractivity contribution >= 4 is 23.3 Å². The molecule has 1 unspecified atom stereocenters. The molecule has 1 aromatic heterocycles. The Balaban J connectivity index is 0.00000144. The maximum atomic E-state index is 13.1. The molecule has 0 amide bonds. The van der Waals surface area contributed by atoms with Crippen LogP contribution in [0.5, 0.6) is 0 Å². The minimum atomic E-state index is -0.194. The second-order valence-corrected chi connectivity index (χ2v) is 4.29. The summed E-state index contributed by atoms with van der Waals surface area (Å²) in [5.41, 5.74) is 9.15. The van der Waals surface area contributed by atoms with Gasteiger partial charge >= 0.3 is 0 Å². The highest BCUT2D eigenvalue weighted by atomic mass is 35.5. The first-order chi connectivity index (χ1) is 7.61. The molecule has 0 fully saturated rings. The highest BCUT2D eigenvalue weighted by Gasteiger charge is 2.10. The number of nitrogens with one attached hydrogen (secondary N) is 1. The van der Waals surface area contributed by atoms with E-state index in [9.17, 15) is 4.39 Å². The summed E-state index contributed by atoms with van der Waals surface area (Å²) < 4.78 is 13.1. The number of aromatic amines is 1. The predicted molar refractivity (Wildman–Crippen MR) is 72.2 cm³/mol. The number of H-pyrrole nitrogens is 1. The van der Waals surface area contributed by atoms with Crippen LogP contribution in [0.2, 0.25) is 0 Å². The van der Waals surface area contributed by atoms with Crippen LogP contribution in [0.3, 0.4) is 0 Å². The van der Waals surface area contributed by atoms with Crippen LogP contribution in [0.1, 0.15) is 24.6 Å². The monoisotopic (exact) mass is 256 g/mol. The number of halogens is 2. The molecule has 0 aliphatic carbocycles. The lowest BCUT2D eigenvalue weighted by molar-refractivity contribution is 0.629. The Labute approximate surface area is 107 Å². The van der Waals surface area contributed by atoms with E-state index in [1.54, 1.807) is 12.1 Å². The summed E-state index contributed by atoms with van der Waals surface area (Å²) in [4.78, 5) is 3.31. The van der Waals surface area contributed by atoms with Crippen molar-refractivity contribution in [1.29, 1.82) is 0 Å². The summed E-state index contributed by atoms with van der Waals surface area (Å²) in [6.07, 6.45) is 1.77. The zero-order chi connectivity index (χ0) is 11.7. The molecule has 2 rings (SSSR count). The molecule has 1 aromatic carbocycles. The van der Waals surface area contributed by atoms with Gasteiger partial charge in [0.05, 0.1) is 0 Å². The number of benzene rings is 1. The SMILES string of the molecule is CCC(N)Cc1[nH]c2ccc(F)cc2c1C.Cl. The van der Waals surface area contributed by atoms with Crippen LogP contribution in [0.15, 0.2) is 18.2 Å². The Hall–Kier alpha value is -1.06. The van der Waals surface area contributed by atoms with E-state index in [1.807, 2.05) is 6.92 Å². The van der Waals surface area contributed by atoms with Gasteiger partial charge in [-0.1, -0.05) is 6.92 Å².